The summed E-state index contributed by atoms with van der Waals surface area (Å²) < 4.78 is 28.8. The van der Waals surface area contributed by atoms with Crippen LogP contribution < -0.4 is 4.72 Å². The van der Waals surface area contributed by atoms with Crippen LogP contribution in [0.3, 0.4) is 0 Å². The molecule has 0 aromatic carbocycles. The topological polar surface area (TPSA) is 58.6 Å². The van der Waals surface area contributed by atoms with E-state index in [1.165, 1.54) is 0 Å². The summed E-state index contributed by atoms with van der Waals surface area (Å²) in [6, 6.07) is 0. The first-order chi connectivity index (χ1) is 6.51. The van der Waals surface area contributed by atoms with Crippen molar-refractivity contribution in [3.63, 3.8) is 0 Å². The van der Waals surface area contributed by atoms with E-state index in [2.05, 4.69) is 16.5 Å². The highest BCUT2D eigenvalue weighted by Gasteiger charge is 2.20. The molecule has 0 radical (unpaired) electrons. The van der Waals surface area contributed by atoms with Gasteiger partial charge in [-0.2, -0.15) is 13.1 Å². The van der Waals surface area contributed by atoms with E-state index in [4.69, 9.17) is 15.4 Å². The van der Waals surface area contributed by atoms with Gasteiger partial charge in [0.15, 0.2) is 0 Å². The van der Waals surface area contributed by atoms with Crippen molar-refractivity contribution in [2.24, 2.45) is 0 Å². The van der Waals surface area contributed by atoms with Gasteiger partial charge in [-0.25, -0.2) is 0 Å². The van der Waals surface area contributed by atoms with Gasteiger partial charge in [0.1, 0.15) is 0 Å². The van der Waals surface area contributed by atoms with Crippen molar-refractivity contribution in [3.05, 3.63) is 0 Å². The van der Waals surface area contributed by atoms with E-state index >= 15 is 0 Å². The molecule has 1 unspecified atom stereocenters. The number of nitrogens with one attached hydrogen (secondary N) is 1. The van der Waals surface area contributed by atoms with Gasteiger partial charge in [-0.05, 0) is 6.54 Å². The molecule has 1 atom stereocenters. The van der Waals surface area contributed by atoms with Crippen molar-refractivity contribution in [2.45, 2.75) is 13.0 Å². The second kappa shape index (κ2) is 5.27. The van der Waals surface area contributed by atoms with Crippen LogP contribution in [0.15, 0.2) is 0 Å². The molecule has 1 aliphatic heterocycles. The summed E-state index contributed by atoms with van der Waals surface area (Å²) in [5.74, 6) is 0. The van der Waals surface area contributed by atoms with E-state index in [0.717, 1.165) is 19.6 Å². The molecule has 7 heteroatoms. The first-order valence-corrected chi connectivity index (χ1v) is 6.85. The number of morpholine rings is 1. The predicted molar refractivity (Wildman–Crippen MR) is 54.6 cm³/mol. The van der Waals surface area contributed by atoms with Gasteiger partial charge in [-0.3, -0.25) is 4.90 Å². The van der Waals surface area contributed by atoms with E-state index in [1.54, 1.807) is 0 Å². The number of likely N-dealkylation sites (N-methyl/N-ethyl adjacent to an activating group) is 1. The molecule has 84 valence electrons. The summed E-state index contributed by atoms with van der Waals surface area (Å²) in [7, 11) is 1.39. The molecule has 0 saturated carbocycles. The van der Waals surface area contributed by atoms with Crippen molar-refractivity contribution in [2.75, 3.05) is 32.8 Å². The molecule has 14 heavy (non-hydrogen) atoms. The number of halogens is 1. The molecule has 0 bridgehead atoms. The summed E-state index contributed by atoms with van der Waals surface area (Å²) in [5.41, 5.74) is 0. The Balaban J connectivity index is 2.31. The molecule has 5 nitrogen and oxygen atoms in total. The second-order valence-electron chi connectivity index (χ2n) is 3.17. The first kappa shape index (κ1) is 12.2. The average molecular weight is 243 g/mol. The van der Waals surface area contributed by atoms with Crippen LogP contribution in [0.4, 0.5) is 0 Å². The number of hydrogen-bond donors (Lipinski definition) is 1. The van der Waals surface area contributed by atoms with Crippen LogP contribution >= 0.6 is 10.7 Å². The summed E-state index contributed by atoms with van der Waals surface area (Å²) in [6.07, 6.45) is -0.0998. The molecule has 1 fully saturated rings. The Labute approximate surface area is 88.9 Å². The zero-order chi connectivity index (χ0) is 10.6. The second-order valence-corrected chi connectivity index (χ2v) is 5.56. The third-order valence-corrected chi connectivity index (χ3v) is 2.99. The van der Waals surface area contributed by atoms with Crippen LogP contribution in [-0.4, -0.2) is 52.2 Å². The highest BCUT2D eigenvalue weighted by atomic mass is 35.7. The lowest BCUT2D eigenvalue weighted by molar-refractivity contribution is -0.0228. The fourth-order valence-electron chi connectivity index (χ4n) is 1.38. The average Bonchev–Trinajstić information content (AvgIpc) is 2.14. The minimum atomic E-state index is -3.62. The monoisotopic (exact) mass is 242 g/mol. The van der Waals surface area contributed by atoms with E-state index in [9.17, 15) is 8.42 Å². The maximum atomic E-state index is 10.6. The Bertz CT molecular complexity index is 270. The molecular weight excluding hydrogens is 228 g/mol. The lowest BCUT2D eigenvalue weighted by Gasteiger charge is -2.31. The molecule has 1 aliphatic rings. The zero-order valence-electron chi connectivity index (χ0n) is 8.07. The minimum Gasteiger partial charge on any atom is -0.374 e. The summed E-state index contributed by atoms with van der Waals surface area (Å²) in [6.45, 7) is 5.54. The quantitative estimate of drug-likeness (QED) is 0.693. The van der Waals surface area contributed by atoms with E-state index in [1.807, 2.05) is 0 Å². The van der Waals surface area contributed by atoms with Crippen molar-refractivity contribution in [1.29, 1.82) is 0 Å². The van der Waals surface area contributed by atoms with Gasteiger partial charge in [0.05, 0.1) is 12.7 Å². The van der Waals surface area contributed by atoms with Crippen molar-refractivity contribution < 1.29 is 13.2 Å². The van der Waals surface area contributed by atoms with Gasteiger partial charge in [-0.1, -0.05) is 6.92 Å². The minimum absolute atomic E-state index is 0.0998. The molecular formula is C7H15ClN2O3S. The molecule has 1 heterocycles. The van der Waals surface area contributed by atoms with Crippen LogP contribution in [0.5, 0.6) is 0 Å². The lowest BCUT2D eigenvalue weighted by atomic mass is 10.3. The van der Waals surface area contributed by atoms with E-state index in [0.29, 0.717) is 6.61 Å². The standard InChI is InChI=1S/C7H15ClN2O3S/c1-2-10-3-4-13-7(6-10)5-9-14(8,11)12/h7,9H,2-6H2,1H3. The maximum absolute atomic E-state index is 10.6. The summed E-state index contributed by atoms with van der Waals surface area (Å²) in [5, 5.41) is 0. The number of hydrogen-bond acceptors (Lipinski definition) is 4. The third-order valence-electron chi connectivity index (χ3n) is 2.15. The molecule has 0 aromatic rings. The molecule has 0 aliphatic carbocycles. The smallest absolute Gasteiger partial charge is 0.297 e. The molecule has 1 rings (SSSR count). The van der Waals surface area contributed by atoms with Gasteiger partial charge >= 0.3 is 0 Å². The van der Waals surface area contributed by atoms with Gasteiger partial charge in [-0.15, -0.1) is 0 Å². The number of ether oxygens (including phenoxy) is 1. The van der Waals surface area contributed by atoms with Gasteiger partial charge < -0.3 is 4.74 Å². The Morgan fingerprint density at radius 3 is 2.93 bits per heavy atom. The maximum Gasteiger partial charge on any atom is 0.297 e. The van der Waals surface area contributed by atoms with Crippen LogP contribution in [0.1, 0.15) is 6.92 Å². The van der Waals surface area contributed by atoms with Crippen molar-refractivity contribution in [1.82, 2.24) is 9.62 Å². The zero-order valence-corrected chi connectivity index (χ0v) is 9.64. The molecule has 1 N–H and O–H groups in total. The third kappa shape index (κ3) is 4.56. The Morgan fingerprint density at radius 2 is 2.36 bits per heavy atom. The van der Waals surface area contributed by atoms with Crippen molar-refractivity contribution >= 4 is 19.9 Å². The molecule has 0 amide bonds. The number of rotatable bonds is 4. The first-order valence-electron chi connectivity index (χ1n) is 4.54. The fourth-order valence-corrected chi connectivity index (χ4v) is 1.96. The van der Waals surface area contributed by atoms with Crippen LogP contribution in [0.25, 0.3) is 0 Å². The van der Waals surface area contributed by atoms with E-state index < -0.39 is 9.24 Å². The van der Waals surface area contributed by atoms with Crippen LogP contribution in [0.2, 0.25) is 0 Å². The Kier molecular flexibility index (Phi) is 4.59. The Morgan fingerprint density at radius 1 is 1.64 bits per heavy atom. The van der Waals surface area contributed by atoms with Crippen LogP contribution in [-0.2, 0) is 14.0 Å². The normalized spacial score (nSPS) is 25.1. The predicted octanol–water partition coefficient (Wildman–Crippen LogP) is -0.220. The largest absolute Gasteiger partial charge is 0.374 e. The summed E-state index contributed by atoms with van der Waals surface area (Å²) in [4.78, 5) is 2.21. The Hall–Kier alpha value is 0.120. The van der Waals surface area contributed by atoms with Crippen molar-refractivity contribution in [3.8, 4) is 0 Å². The highest BCUT2D eigenvalue weighted by molar-refractivity contribution is 8.12. The van der Waals surface area contributed by atoms with Gasteiger partial charge in [0, 0.05) is 30.3 Å². The van der Waals surface area contributed by atoms with Gasteiger partial charge in [0.25, 0.3) is 9.24 Å². The molecule has 1 saturated heterocycles. The SMILES string of the molecule is CCN1CCOC(CNS(=O)(=O)Cl)C1. The highest BCUT2D eigenvalue weighted by Crippen LogP contribution is 2.04. The molecule has 0 spiro atoms. The fraction of sp³-hybridized carbons (Fsp3) is 1.00. The number of nitrogens with zero attached hydrogens (tertiary/aromatic N) is 1. The van der Waals surface area contributed by atoms with Gasteiger partial charge in [0.2, 0.25) is 0 Å². The van der Waals surface area contributed by atoms with Crippen LogP contribution in [0, 0.1) is 0 Å². The molecule has 0 aromatic heterocycles. The van der Waals surface area contributed by atoms with E-state index in [-0.39, 0.29) is 12.6 Å². The summed E-state index contributed by atoms with van der Waals surface area (Å²) >= 11 is 0. The lowest BCUT2D eigenvalue weighted by Crippen LogP contribution is -2.46.